The molecule has 6 heteroatoms. The number of anilines is 1. The average molecular weight is 373 g/mol. The van der Waals surface area contributed by atoms with Gasteiger partial charge in [0, 0.05) is 25.2 Å². The van der Waals surface area contributed by atoms with Gasteiger partial charge in [0.2, 0.25) is 0 Å². The molecule has 1 saturated heterocycles. The minimum absolute atomic E-state index is 0.222. The number of amides is 2. The maximum Gasteiger partial charge on any atom is 0.313 e. The maximum atomic E-state index is 12.3. The van der Waals surface area contributed by atoms with E-state index in [1.165, 1.54) is 0 Å². The van der Waals surface area contributed by atoms with Gasteiger partial charge in [0.1, 0.15) is 0 Å². The van der Waals surface area contributed by atoms with Gasteiger partial charge in [-0.2, -0.15) is 0 Å². The van der Waals surface area contributed by atoms with Crippen molar-refractivity contribution in [1.29, 1.82) is 0 Å². The van der Waals surface area contributed by atoms with Crippen LogP contribution in [-0.2, 0) is 19.7 Å². The number of rotatable bonds is 4. The standard InChI is InChI=1S/C20H21ClN2O3/c21-16-8-4-5-9-17(16)23-19(25)18(24)22-14-20(10-12-26-13-11-20)15-6-2-1-3-7-15/h1-9H,10-14H2,(H,22,24)(H,23,25). The highest BCUT2D eigenvalue weighted by molar-refractivity contribution is 6.41. The van der Waals surface area contributed by atoms with Gasteiger partial charge >= 0.3 is 11.8 Å². The van der Waals surface area contributed by atoms with Crippen LogP contribution in [0.3, 0.4) is 0 Å². The van der Waals surface area contributed by atoms with E-state index in [0.717, 1.165) is 18.4 Å². The lowest BCUT2D eigenvalue weighted by molar-refractivity contribution is -0.136. The summed E-state index contributed by atoms with van der Waals surface area (Å²) in [5, 5.41) is 5.71. The molecule has 1 aliphatic rings. The Labute approximate surface area is 157 Å². The summed E-state index contributed by atoms with van der Waals surface area (Å²) in [5.41, 5.74) is 1.34. The van der Waals surface area contributed by atoms with Crippen molar-refractivity contribution in [2.24, 2.45) is 0 Å². The highest BCUT2D eigenvalue weighted by Crippen LogP contribution is 2.34. The predicted octanol–water partition coefficient (Wildman–Crippen LogP) is 3.14. The molecule has 0 radical (unpaired) electrons. The Morgan fingerprint density at radius 3 is 2.31 bits per heavy atom. The van der Waals surface area contributed by atoms with E-state index in [4.69, 9.17) is 16.3 Å². The number of carbonyl (C=O) groups is 2. The summed E-state index contributed by atoms with van der Waals surface area (Å²) in [6.07, 6.45) is 1.59. The van der Waals surface area contributed by atoms with Crippen LogP contribution in [0, 0.1) is 0 Å². The molecule has 2 N–H and O–H groups in total. The smallest absolute Gasteiger partial charge is 0.313 e. The van der Waals surface area contributed by atoms with Crippen molar-refractivity contribution in [2.45, 2.75) is 18.3 Å². The number of nitrogens with one attached hydrogen (secondary N) is 2. The number of halogens is 1. The van der Waals surface area contributed by atoms with Crippen LogP contribution in [0.5, 0.6) is 0 Å². The average Bonchev–Trinajstić information content (AvgIpc) is 2.69. The van der Waals surface area contributed by atoms with E-state index >= 15 is 0 Å². The van der Waals surface area contributed by atoms with Gasteiger partial charge in [-0.25, -0.2) is 0 Å². The molecule has 0 atom stereocenters. The van der Waals surface area contributed by atoms with E-state index in [9.17, 15) is 9.59 Å². The Morgan fingerprint density at radius 1 is 0.962 bits per heavy atom. The molecule has 0 aliphatic carbocycles. The van der Waals surface area contributed by atoms with Crippen LogP contribution in [0.15, 0.2) is 54.6 Å². The zero-order valence-corrected chi connectivity index (χ0v) is 15.1. The molecular weight excluding hydrogens is 352 g/mol. The molecule has 0 unspecified atom stereocenters. The fourth-order valence-electron chi connectivity index (χ4n) is 3.19. The van der Waals surface area contributed by atoms with E-state index in [2.05, 4.69) is 22.8 Å². The summed E-state index contributed by atoms with van der Waals surface area (Å²) in [7, 11) is 0. The number of benzene rings is 2. The van der Waals surface area contributed by atoms with Crippen LogP contribution in [0.2, 0.25) is 5.02 Å². The molecule has 2 amide bonds. The van der Waals surface area contributed by atoms with Crippen molar-refractivity contribution in [3.05, 3.63) is 65.2 Å². The van der Waals surface area contributed by atoms with Gasteiger partial charge < -0.3 is 15.4 Å². The highest BCUT2D eigenvalue weighted by Gasteiger charge is 2.35. The Hall–Kier alpha value is -2.37. The zero-order chi connectivity index (χ0) is 18.4. The van der Waals surface area contributed by atoms with Gasteiger partial charge in [-0.15, -0.1) is 0 Å². The fourth-order valence-corrected chi connectivity index (χ4v) is 3.38. The van der Waals surface area contributed by atoms with Crippen LogP contribution in [0.4, 0.5) is 5.69 Å². The Bertz CT molecular complexity index is 774. The van der Waals surface area contributed by atoms with Gasteiger partial charge in [-0.1, -0.05) is 54.1 Å². The first-order valence-corrected chi connectivity index (χ1v) is 8.95. The van der Waals surface area contributed by atoms with Crippen LogP contribution in [0.25, 0.3) is 0 Å². The Kier molecular flexibility index (Phi) is 5.91. The molecule has 26 heavy (non-hydrogen) atoms. The van der Waals surface area contributed by atoms with Crippen molar-refractivity contribution < 1.29 is 14.3 Å². The topological polar surface area (TPSA) is 67.4 Å². The molecule has 136 valence electrons. The summed E-state index contributed by atoms with van der Waals surface area (Å²) in [6, 6.07) is 16.9. The molecular formula is C20H21ClN2O3. The minimum atomic E-state index is -0.728. The van der Waals surface area contributed by atoms with Crippen molar-refractivity contribution in [3.63, 3.8) is 0 Å². The van der Waals surface area contributed by atoms with Gasteiger partial charge in [0.05, 0.1) is 10.7 Å². The van der Waals surface area contributed by atoms with E-state index < -0.39 is 11.8 Å². The van der Waals surface area contributed by atoms with Crippen LogP contribution in [0.1, 0.15) is 18.4 Å². The van der Waals surface area contributed by atoms with Gasteiger partial charge in [0.25, 0.3) is 0 Å². The molecule has 2 aromatic rings. The molecule has 0 bridgehead atoms. The third-order valence-corrected chi connectivity index (χ3v) is 5.08. The number of carbonyl (C=O) groups excluding carboxylic acids is 2. The minimum Gasteiger partial charge on any atom is -0.381 e. The van der Waals surface area contributed by atoms with Crippen molar-refractivity contribution >= 4 is 29.1 Å². The summed E-state index contributed by atoms with van der Waals surface area (Å²) >= 11 is 6.01. The Morgan fingerprint density at radius 2 is 1.62 bits per heavy atom. The maximum absolute atomic E-state index is 12.3. The largest absolute Gasteiger partial charge is 0.381 e. The van der Waals surface area contributed by atoms with Crippen LogP contribution in [-0.4, -0.2) is 31.6 Å². The predicted molar refractivity (Wildman–Crippen MR) is 101 cm³/mol. The lowest BCUT2D eigenvalue weighted by Gasteiger charge is -2.37. The highest BCUT2D eigenvalue weighted by atomic mass is 35.5. The van der Waals surface area contributed by atoms with Crippen LogP contribution < -0.4 is 10.6 Å². The van der Waals surface area contributed by atoms with E-state index in [1.54, 1.807) is 24.3 Å². The zero-order valence-electron chi connectivity index (χ0n) is 14.3. The third kappa shape index (κ3) is 4.23. The third-order valence-electron chi connectivity index (χ3n) is 4.75. The first kappa shape index (κ1) is 18.4. The summed E-state index contributed by atoms with van der Waals surface area (Å²) in [6.45, 7) is 1.66. The lowest BCUT2D eigenvalue weighted by atomic mass is 9.74. The molecule has 2 aromatic carbocycles. The van der Waals surface area contributed by atoms with E-state index in [0.29, 0.717) is 30.5 Å². The summed E-state index contributed by atoms with van der Waals surface area (Å²) in [5.74, 6) is -1.40. The summed E-state index contributed by atoms with van der Waals surface area (Å²) < 4.78 is 5.49. The molecule has 0 saturated carbocycles. The SMILES string of the molecule is O=C(NCC1(c2ccccc2)CCOCC1)C(=O)Nc1ccccc1Cl. The molecule has 5 nitrogen and oxygen atoms in total. The van der Waals surface area contributed by atoms with Crippen molar-refractivity contribution in [3.8, 4) is 0 Å². The second kappa shape index (κ2) is 8.34. The molecule has 0 spiro atoms. The molecule has 1 heterocycles. The molecule has 0 aromatic heterocycles. The van der Waals surface area contributed by atoms with Gasteiger partial charge in [0.15, 0.2) is 0 Å². The molecule has 3 rings (SSSR count). The number of para-hydroxylation sites is 1. The van der Waals surface area contributed by atoms with Crippen LogP contribution >= 0.6 is 11.6 Å². The lowest BCUT2D eigenvalue weighted by Crippen LogP contribution is -2.47. The normalized spacial score (nSPS) is 15.9. The number of hydrogen-bond acceptors (Lipinski definition) is 3. The second-order valence-electron chi connectivity index (χ2n) is 6.38. The summed E-state index contributed by atoms with van der Waals surface area (Å²) in [4.78, 5) is 24.4. The first-order chi connectivity index (χ1) is 12.6. The second-order valence-corrected chi connectivity index (χ2v) is 6.78. The first-order valence-electron chi connectivity index (χ1n) is 8.58. The van der Waals surface area contributed by atoms with E-state index in [-0.39, 0.29) is 5.41 Å². The monoisotopic (exact) mass is 372 g/mol. The van der Waals surface area contributed by atoms with Crippen molar-refractivity contribution in [1.82, 2.24) is 5.32 Å². The quantitative estimate of drug-likeness (QED) is 0.810. The number of hydrogen-bond donors (Lipinski definition) is 2. The Balaban J connectivity index is 1.66. The van der Waals surface area contributed by atoms with Crippen molar-refractivity contribution in [2.75, 3.05) is 25.1 Å². The molecule has 1 fully saturated rings. The molecule has 1 aliphatic heterocycles. The number of ether oxygens (including phenoxy) is 1. The van der Waals surface area contributed by atoms with Gasteiger partial charge in [-0.3, -0.25) is 9.59 Å². The fraction of sp³-hybridized carbons (Fsp3) is 0.300. The van der Waals surface area contributed by atoms with Gasteiger partial charge in [-0.05, 0) is 30.5 Å². The van der Waals surface area contributed by atoms with E-state index in [1.807, 2.05) is 18.2 Å².